The van der Waals surface area contributed by atoms with E-state index < -0.39 is 0 Å². The number of ether oxygens (including phenoxy) is 1. The lowest BCUT2D eigenvalue weighted by Crippen LogP contribution is -2.38. The average Bonchev–Trinajstić information content (AvgIpc) is 3.09. The number of para-hydroxylation sites is 1. The van der Waals surface area contributed by atoms with E-state index in [1.54, 1.807) is 18.4 Å². The number of thiazole rings is 1. The third-order valence-electron chi connectivity index (χ3n) is 3.90. The number of rotatable bonds is 7. The predicted octanol–water partition coefficient (Wildman–Crippen LogP) is 4.37. The van der Waals surface area contributed by atoms with Gasteiger partial charge in [-0.2, -0.15) is 0 Å². The average molecular weight is 502 g/mol. The minimum Gasteiger partial charge on any atom is -0.496 e. The molecule has 0 spiro atoms. The topological polar surface area (TPSA) is 58.5 Å². The van der Waals surface area contributed by atoms with Crippen LogP contribution in [0.5, 0.6) is 5.75 Å². The Morgan fingerprint density at radius 1 is 1.22 bits per heavy atom. The maximum absolute atomic E-state index is 5.39. The fourth-order valence-electron chi connectivity index (χ4n) is 2.40. The Balaban J connectivity index is 0.00000364. The van der Waals surface area contributed by atoms with Crippen molar-refractivity contribution in [1.29, 1.82) is 0 Å². The molecule has 1 heterocycles. The maximum atomic E-state index is 5.39. The Labute approximate surface area is 184 Å². The first-order valence-electron chi connectivity index (χ1n) is 9.03. The lowest BCUT2D eigenvalue weighted by molar-refractivity contribution is 0.410. The highest BCUT2D eigenvalue weighted by atomic mass is 127. The van der Waals surface area contributed by atoms with Gasteiger partial charge in [0, 0.05) is 35.9 Å². The van der Waals surface area contributed by atoms with E-state index in [-0.39, 0.29) is 29.4 Å². The summed E-state index contributed by atoms with van der Waals surface area (Å²) in [6.07, 6.45) is 0.889. The van der Waals surface area contributed by atoms with Crippen molar-refractivity contribution in [1.82, 2.24) is 15.6 Å². The van der Waals surface area contributed by atoms with Crippen molar-refractivity contribution in [3.05, 3.63) is 45.9 Å². The Morgan fingerprint density at radius 2 is 1.96 bits per heavy atom. The minimum atomic E-state index is 0. The first-order chi connectivity index (χ1) is 12.4. The summed E-state index contributed by atoms with van der Waals surface area (Å²) in [6, 6.07) is 7.97. The third kappa shape index (κ3) is 7.65. The number of aromatic nitrogens is 1. The van der Waals surface area contributed by atoms with Crippen LogP contribution in [-0.4, -0.2) is 31.1 Å². The van der Waals surface area contributed by atoms with Crippen LogP contribution in [0.15, 0.2) is 34.6 Å². The summed E-state index contributed by atoms with van der Waals surface area (Å²) in [4.78, 5) is 9.41. The summed E-state index contributed by atoms with van der Waals surface area (Å²) in [7, 11) is 1.69. The normalized spacial score (nSPS) is 11.7. The van der Waals surface area contributed by atoms with Crippen molar-refractivity contribution >= 4 is 41.3 Å². The SMILES string of the molecule is CCNC(=NCc1ccccc1OC)NCCc1nc(C(C)(C)C)cs1.I. The number of aliphatic imine (C=N–C) groups is 1. The summed E-state index contributed by atoms with van der Waals surface area (Å²) in [5.41, 5.74) is 2.34. The van der Waals surface area contributed by atoms with Gasteiger partial charge < -0.3 is 15.4 Å². The zero-order chi connectivity index (χ0) is 19.0. The molecule has 7 heteroatoms. The molecule has 0 fully saturated rings. The van der Waals surface area contributed by atoms with E-state index >= 15 is 0 Å². The molecular weight excluding hydrogens is 471 g/mol. The first kappa shape index (κ1) is 23.7. The number of nitrogens with one attached hydrogen (secondary N) is 2. The number of guanidine groups is 1. The Kier molecular flexibility index (Phi) is 10.1. The van der Waals surface area contributed by atoms with Gasteiger partial charge in [-0.15, -0.1) is 35.3 Å². The zero-order valence-electron chi connectivity index (χ0n) is 16.8. The lowest BCUT2D eigenvalue weighted by atomic mass is 9.93. The van der Waals surface area contributed by atoms with E-state index in [1.165, 1.54) is 0 Å². The number of nitrogens with zero attached hydrogens (tertiary/aromatic N) is 2. The van der Waals surface area contributed by atoms with Gasteiger partial charge >= 0.3 is 0 Å². The molecule has 150 valence electrons. The van der Waals surface area contributed by atoms with E-state index in [0.29, 0.717) is 6.54 Å². The smallest absolute Gasteiger partial charge is 0.191 e. The molecule has 2 rings (SSSR count). The molecule has 0 aliphatic carbocycles. The molecule has 0 saturated heterocycles. The van der Waals surface area contributed by atoms with Crippen LogP contribution in [0, 0.1) is 0 Å². The van der Waals surface area contributed by atoms with Gasteiger partial charge in [-0.25, -0.2) is 9.98 Å². The molecule has 1 aromatic heterocycles. The highest BCUT2D eigenvalue weighted by Crippen LogP contribution is 2.24. The molecule has 27 heavy (non-hydrogen) atoms. The molecule has 0 radical (unpaired) electrons. The maximum Gasteiger partial charge on any atom is 0.191 e. The van der Waals surface area contributed by atoms with Gasteiger partial charge in [0.15, 0.2) is 5.96 Å². The fraction of sp³-hybridized carbons (Fsp3) is 0.500. The fourth-order valence-corrected chi connectivity index (χ4v) is 3.42. The second-order valence-corrected chi connectivity index (χ2v) is 8.00. The summed E-state index contributed by atoms with van der Waals surface area (Å²) < 4.78 is 5.39. The first-order valence-corrected chi connectivity index (χ1v) is 9.91. The van der Waals surface area contributed by atoms with Gasteiger partial charge in [0.2, 0.25) is 0 Å². The van der Waals surface area contributed by atoms with Crippen molar-refractivity contribution in [2.24, 2.45) is 4.99 Å². The molecular formula is C20H31IN4OS. The second-order valence-electron chi connectivity index (χ2n) is 7.06. The van der Waals surface area contributed by atoms with Crippen LogP contribution in [0.25, 0.3) is 0 Å². The highest BCUT2D eigenvalue weighted by Gasteiger charge is 2.17. The van der Waals surface area contributed by atoms with Crippen LogP contribution in [-0.2, 0) is 18.4 Å². The van der Waals surface area contributed by atoms with E-state index in [4.69, 9.17) is 9.72 Å². The molecule has 0 atom stereocenters. The van der Waals surface area contributed by atoms with Crippen LogP contribution in [0.2, 0.25) is 0 Å². The number of benzene rings is 1. The minimum absolute atomic E-state index is 0. The van der Waals surface area contributed by atoms with E-state index in [1.807, 2.05) is 24.3 Å². The molecule has 2 aromatic rings. The molecule has 0 aliphatic rings. The molecule has 0 saturated carbocycles. The van der Waals surface area contributed by atoms with Crippen LogP contribution >= 0.6 is 35.3 Å². The Morgan fingerprint density at radius 3 is 2.59 bits per heavy atom. The van der Waals surface area contributed by atoms with E-state index in [9.17, 15) is 0 Å². The van der Waals surface area contributed by atoms with Crippen molar-refractivity contribution in [3.8, 4) is 5.75 Å². The monoisotopic (exact) mass is 502 g/mol. The highest BCUT2D eigenvalue weighted by molar-refractivity contribution is 14.0. The number of hydrogen-bond acceptors (Lipinski definition) is 4. The molecule has 5 nitrogen and oxygen atoms in total. The zero-order valence-corrected chi connectivity index (χ0v) is 20.0. The number of halogens is 1. The molecule has 1 aromatic carbocycles. The van der Waals surface area contributed by atoms with Gasteiger partial charge in [0.1, 0.15) is 5.75 Å². The lowest BCUT2D eigenvalue weighted by Gasteiger charge is -2.14. The number of methoxy groups -OCH3 is 1. The van der Waals surface area contributed by atoms with Crippen molar-refractivity contribution in [2.45, 2.75) is 46.1 Å². The third-order valence-corrected chi connectivity index (χ3v) is 4.80. The summed E-state index contributed by atoms with van der Waals surface area (Å²) in [5, 5.41) is 10.00. The van der Waals surface area contributed by atoms with Gasteiger partial charge in [0.25, 0.3) is 0 Å². The van der Waals surface area contributed by atoms with Crippen LogP contribution < -0.4 is 15.4 Å². The molecule has 0 unspecified atom stereocenters. The quantitative estimate of drug-likeness (QED) is 0.336. The summed E-state index contributed by atoms with van der Waals surface area (Å²) in [6.45, 7) is 10.8. The molecule has 0 amide bonds. The molecule has 0 aliphatic heterocycles. The van der Waals surface area contributed by atoms with Crippen LogP contribution in [0.4, 0.5) is 0 Å². The summed E-state index contributed by atoms with van der Waals surface area (Å²) >= 11 is 1.73. The molecule has 2 N–H and O–H groups in total. The largest absolute Gasteiger partial charge is 0.496 e. The molecule has 0 bridgehead atoms. The summed E-state index contributed by atoms with van der Waals surface area (Å²) in [5.74, 6) is 1.68. The predicted molar refractivity (Wildman–Crippen MR) is 126 cm³/mol. The second kappa shape index (κ2) is 11.5. The van der Waals surface area contributed by atoms with Crippen molar-refractivity contribution in [3.63, 3.8) is 0 Å². The Hall–Kier alpha value is -1.35. The van der Waals surface area contributed by atoms with E-state index in [2.05, 4.69) is 48.7 Å². The van der Waals surface area contributed by atoms with Gasteiger partial charge in [0.05, 0.1) is 24.4 Å². The van der Waals surface area contributed by atoms with Crippen molar-refractivity contribution in [2.75, 3.05) is 20.2 Å². The standard InChI is InChI=1S/C20H30N4OS.HI/c1-6-21-19(23-13-15-9-7-8-10-16(15)25-5)22-12-11-18-24-17(14-26-18)20(2,3)4;/h7-10,14H,6,11-13H2,1-5H3,(H2,21,22,23);1H. The van der Waals surface area contributed by atoms with Gasteiger partial charge in [-0.05, 0) is 13.0 Å². The number of hydrogen-bond donors (Lipinski definition) is 2. The van der Waals surface area contributed by atoms with Gasteiger partial charge in [-0.1, -0.05) is 39.0 Å². The van der Waals surface area contributed by atoms with Crippen molar-refractivity contribution < 1.29 is 4.74 Å². The Bertz CT molecular complexity index is 725. The van der Waals surface area contributed by atoms with Crippen LogP contribution in [0.1, 0.15) is 44.0 Å². The van der Waals surface area contributed by atoms with E-state index in [0.717, 1.165) is 47.5 Å². The van der Waals surface area contributed by atoms with Gasteiger partial charge in [-0.3, -0.25) is 0 Å². The van der Waals surface area contributed by atoms with Crippen LogP contribution in [0.3, 0.4) is 0 Å².